The molecule has 1 amide bonds. The first-order valence-electron chi connectivity index (χ1n) is 6.52. The normalized spacial score (nSPS) is 10.7. The summed E-state index contributed by atoms with van der Waals surface area (Å²) in [6.07, 6.45) is 1.88. The van der Waals surface area contributed by atoms with Gasteiger partial charge in [0.25, 0.3) is 5.91 Å². The quantitative estimate of drug-likeness (QED) is 0.906. The molecule has 2 aromatic rings. The Labute approximate surface area is 120 Å². The second-order valence-electron chi connectivity index (χ2n) is 4.57. The molecular formula is C14H16FN3O3. The summed E-state index contributed by atoms with van der Waals surface area (Å²) < 4.78 is 20.3. The third-order valence-electron chi connectivity index (χ3n) is 3.01. The highest BCUT2D eigenvalue weighted by molar-refractivity contribution is 5.77. The van der Waals surface area contributed by atoms with Crippen LogP contribution in [-0.4, -0.2) is 28.9 Å². The number of rotatable bonds is 4. The molecule has 112 valence electrons. The fourth-order valence-corrected chi connectivity index (χ4v) is 1.95. The third kappa shape index (κ3) is 2.86. The minimum atomic E-state index is -0.570. The number of fused-ring (bicyclic) bond motifs is 1. The van der Waals surface area contributed by atoms with Crippen molar-refractivity contribution < 1.29 is 13.9 Å². The maximum absolute atomic E-state index is 13.9. The van der Waals surface area contributed by atoms with Crippen LogP contribution in [0.2, 0.25) is 0 Å². The van der Waals surface area contributed by atoms with Gasteiger partial charge >= 0.3 is 5.56 Å². The van der Waals surface area contributed by atoms with Gasteiger partial charge in [-0.1, -0.05) is 6.92 Å². The molecule has 21 heavy (non-hydrogen) atoms. The summed E-state index contributed by atoms with van der Waals surface area (Å²) in [5.41, 5.74) is 0.343. The topological polar surface area (TPSA) is 72.7 Å². The number of aryl methyl sites for hydroxylation is 2. The van der Waals surface area contributed by atoms with Crippen LogP contribution in [0.3, 0.4) is 0 Å². The van der Waals surface area contributed by atoms with Crippen LogP contribution in [0.1, 0.15) is 18.2 Å². The molecule has 0 bridgehead atoms. The van der Waals surface area contributed by atoms with Crippen molar-refractivity contribution in [1.29, 1.82) is 0 Å². The summed E-state index contributed by atoms with van der Waals surface area (Å²) >= 11 is 0. The summed E-state index contributed by atoms with van der Waals surface area (Å²) in [4.78, 5) is 27.8. The van der Waals surface area contributed by atoms with E-state index in [9.17, 15) is 14.0 Å². The first-order valence-corrected chi connectivity index (χ1v) is 6.52. The predicted molar refractivity (Wildman–Crippen MR) is 75.1 cm³/mol. The van der Waals surface area contributed by atoms with E-state index in [1.165, 1.54) is 19.3 Å². The number of nitrogens with one attached hydrogen (secondary N) is 1. The Balaban J connectivity index is 2.61. The lowest BCUT2D eigenvalue weighted by Gasteiger charge is -2.11. The zero-order valence-corrected chi connectivity index (χ0v) is 12.1. The largest absolute Gasteiger partial charge is 0.476 e. The van der Waals surface area contributed by atoms with Crippen molar-refractivity contribution in [3.05, 3.63) is 39.7 Å². The summed E-state index contributed by atoms with van der Waals surface area (Å²) in [7, 11) is 1.47. The van der Waals surface area contributed by atoms with E-state index in [0.717, 1.165) is 4.40 Å². The van der Waals surface area contributed by atoms with E-state index in [2.05, 4.69) is 10.3 Å². The van der Waals surface area contributed by atoms with Crippen LogP contribution < -0.4 is 15.6 Å². The summed E-state index contributed by atoms with van der Waals surface area (Å²) in [5.74, 6) is -0.958. The zero-order valence-electron chi connectivity index (χ0n) is 12.1. The maximum Gasteiger partial charge on any atom is 0.300 e. The number of hydrogen-bond donors (Lipinski definition) is 1. The first-order chi connectivity index (χ1) is 9.97. The van der Waals surface area contributed by atoms with E-state index in [1.807, 2.05) is 0 Å². The molecule has 0 radical (unpaired) electrons. The molecule has 0 saturated heterocycles. The van der Waals surface area contributed by atoms with Crippen LogP contribution in [-0.2, 0) is 11.2 Å². The van der Waals surface area contributed by atoms with Gasteiger partial charge < -0.3 is 10.1 Å². The molecule has 0 spiro atoms. The molecule has 0 aliphatic heterocycles. The van der Waals surface area contributed by atoms with Gasteiger partial charge in [0.1, 0.15) is 0 Å². The Morgan fingerprint density at radius 3 is 2.86 bits per heavy atom. The maximum atomic E-state index is 13.9. The van der Waals surface area contributed by atoms with Gasteiger partial charge in [-0.3, -0.25) is 14.0 Å². The van der Waals surface area contributed by atoms with Crippen molar-refractivity contribution in [2.45, 2.75) is 20.3 Å². The van der Waals surface area contributed by atoms with Gasteiger partial charge in [-0.05, 0) is 25.0 Å². The smallest absolute Gasteiger partial charge is 0.300 e. The number of carbonyl (C=O) groups excluding carboxylic acids is 1. The van der Waals surface area contributed by atoms with Gasteiger partial charge in [0.2, 0.25) is 5.75 Å². The second-order valence-corrected chi connectivity index (χ2v) is 4.57. The Bertz CT molecular complexity index is 755. The predicted octanol–water partition coefficient (Wildman–Crippen LogP) is 0.829. The van der Waals surface area contributed by atoms with Gasteiger partial charge in [0, 0.05) is 13.2 Å². The van der Waals surface area contributed by atoms with Crippen molar-refractivity contribution >= 4 is 11.6 Å². The van der Waals surface area contributed by atoms with Gasteiger partial charge in [0.15, 0.2) is 18.1 Å². The van der Waals surface area contributed by atoms with Crippen LogP contribution in [0.4, 0.5) is 4.39 Å². The molecule has 0 unspecified atom stereocenters. The number of aromatic nitrogens is 2. The van der Waals surface area contributed by atoms with Gasteiger partial charge in [-0.15, -0.1) is 0 Å². The fraction of sp³-hybridized carbons (Fsp3) is 0.357. The van der Waals surface area contributed by atoms with Crippen LogP contribution >= 0.6 is 0 Å². The number of ether oxygens (including phenoxy) is 1. The number of nitrogens with zero attached hydrogens (tertiary/aromatic N) is 2. The molecule has 0 fully saturated rings. The molecule has 0 aliphatic rings. The number of halogens is 1. The molecule has 0 saturated carbocycles. The molecular weight excluding hydrogens is 277 g/mol. The fourth-order valence-electron chi connectivity index (χ4n) is 1.95. The van der Waals surface area contributed by atoms with Crippen molar-refractivity contribution in [2.75, 3.05) is 13.7 Å². The number of likely N-dealkylation sites (N-methyl/N-ethyl adjacent to an activating group) is 1. The number of amides is 1. The highest BCUT2D eigenvalue weighted by Crippen LogP contribution is 2.16. The Morgan fingerprint density at radius 1 is 1.52 bits per heavy atom. The monoisotopic (exact) mass is 293 g/mol. The van der Waals surface area contributed by atoms with Gasteiger partial charge in [-0.2, -0.15) is 0 Å². The molecule has 2 heterocycles. The van der Waals surface area contributed by atoms with E-state index < -0.39 is 11.4 Å². The van der Waals surface area contributed by atoms with Crippen molar-refractivity contribution in [3.63, 3.8) is 0 Å². The highest BCUT2D eigenvalue weighted by atomic mass is 19.1. The minimum absolute atomic E-state index is 0.0244. The highest BCUT2D eigenvalue weighted by Gasteiger charge is 2.16. The van der Waals surface area contributed by atoms with E-state index >= 15 is 0 Å². The molecule has 1 N–H and O–H groups in total. The Morgan fingerprint density at radius 2 is 2.24 bits per heavy atom. The van der Waals surface area contributed by atoms with Gasteiger partial charge in [-0.25, -0.2) is 9.37 Å². The number of pyridine rings is 1. The summed E-state index contributed by atoms with van der Waals surface area (Å²) in [6, 6.07) is 1.31. The molecule has 6 nitrogen and oxygen atoms in total. The van der Waals surface area contributed by atoms with Crippen LogP contribution in [0, 0.1) is 12.7 Å². The molecule has 2 aromatic heterocycles. The molecule has 2 rings (SSSR count). The lowest BCUT2D eigenvalue weighted by molar-refractivity contribution is -0.122. The average molecular weight is 293 g/mol. The van der Waals surface area contributed by atoms with Crippen molar-refractivity contribution in [2.24, 2.45) is 0 Å². The van der Waals surface area contributed by atoms with Crippen LogP contribution in [0.15, 0.2) is 17.1 Å². The summed E-state index contributed by atoms with van der Waals surface area (Å²) in [6.45, 7) is 3.16. The van der Waals surface area contributed by atoms with Gasteiger partial charge in [0.05, 0.1) is 5.69 Å². The van der Waals surface area contributed by atoms with E-state index in [-0.39, 0.29) is 23.9 Å². The second kappa shape index (κ2) is 5.90. The average Bonchev–Trinajstić information content (AvgIpc) is 2.46. The van der Waals surface area contributed by atoms with Crippen LogP contribution in [0.5, 0.6) is 5.75 Å². The molecule has 0 atom stereocenters. The zero-order chi connectivity index (χ0) is 15.6. The SMILES string of the molecule is CCc1nc2c(F)cc(C)cn2c(=O)c1OCC(=O)NC. The van der Waals surface area contributed by atoms with Crippen molar-refractivity contribution in [3.8, 4) is 5.75 Å². The van der Waals surface area contributed by atoms with E-state index in [1.54, 1.807) is 13.8 Å². The standard InChI is InChI=1S/C14H16FN3O3/c1-4-10-12(21-7-11(19)16-3)14(20)18-6-8(2)5-9(15)13(18)17-10/h5-6H,4,7H2,1-3H3,(H,16,19). The lowest BCUT2D eigenvalue weighted by Crippen LogP contribution is -2.28. The lowest BCUT2D eigenvalue weighted by atomic mass is 10.2. The third-order valence-corrected chi connectivity index (χ3v) is 3.01. The number of hydrogen-bond acceptors (Lipinski definition) is 4. The van der Waals surface area contributed by atoms with Crippen LogP contribution in [0.25, 0.3) is 5.65 Å². The Kier molecular flexibility index (Phi) is 4.21. The van der Waals surface area contributed by atoms with Crippen molar-refractivity contribution in [1.82, 2.24) is 14.7 Å². The molecule has 0 aliphatic carbocycles. The van der Waals surface area contributed by atoms with E-state index in [0.29, 0.717) is 17.7 Å². The number of carbonyl (C=O) groups is 1. The molecule has 7 heteroatoms. The van der Waals surface area contributed by atoms with E-state index in [4.69, 9.17) is 4.74 Å². The first kappa shape index (κ1) is 15.0. The molecule has 0 aromatic carbocycles. The summed E-state index contributed by atoms with van der Waals surface area (Å²) in [5, 5.41) is 2.39. The minimum Gasteiger partial charge on any atom is -0.476 e. The Hall–Kier alpha value is -2.44.